The molecule has 2 N–H and O–H groups in total. The first-order chi connectivity index (χ1) is 7.64. The fourth-order valence-corrected chi connectivity index (χ4v) is 3.65. The minimum atomic E-state index is -3.08. The van der Waals surface area contributed by atoms with Crippen LogP contribution in [0, 0.1) is 0 Å². The van der Waals surface area contributed by atoms with Gasteiger partial charge in [0.05, 0.1) is 5.75 Å². The van der Waals surface area contributed by atoms with Gasteiger partial charge in [-0.3, -0.25) is 0 Å². The summed E-state index contributed by atoms with van der Waals surface area (Å²) in [5.74, 6) is 1.23. The number of hydrogen-bond donors (Lipinski definition) is 2. The van der Waals surface area contributed by atoms with E-state index in [0.29, 0.717) is 6.54 Å². The quantitative estimate of drug-likeness (QED) is 0.669. The van der Waals surface area contributed by atoms with Crippen molar-refractivity contribution in [3.63, 3.8) is 0 Å². The highest BCUT2D eigenvalue weighted by molar-refractivity contribution is 7.98. The molecule has 0 saturated carbocycles. The highest BCUT2D eigenvalue weighted by atomic mass is 32.2. The van der Waals surface area contributed by atoms with Gasteiger partial charge in [0.25, 0.3) is 0 Å². The van der Waals surface area contributed by atoms with Gasteiger partial charge in [-0.25, -0.2) is 13.1 Å². The third-order valence-corrected chi connectivity index (χ3v) is 4.86. The Balaban J connectivity index is 2.22. The lowest BCUT2D eigenvalue weighted by atomic mass is 10.1. The first-order valence-electron chi connectivity index (χ1n) is 5.84. The van der Waals surface area contributed by atoms with Gasteiger partial charge in [0.2, 0.25) is 10.0 Å². The number of piperidine rings is 1. The SMILES string of the molecule is CSCCCNS(=O)(=O)CC1CCCCN1. The van der Waals surface area contributed by atoms with E-state index in [9.17, 15) is 8.42 Å². The lowest BCUT2D eigenvalue weighted by molar-refractivity contribution is 0.422. The highest BCUT2D eigenvalue weighted by Crippen LogP contribution is 2.08. The molecule has 1 atom stereocenters. The average molecular weight is 266 g/mol. The van der Waals surface area contributed by atoms with E-state index >= 15 is 0 Å². The Labute approximate surface area is 103 Å². The Morgan fingerprint density at radius 1 is 1.44 bits per heavy atom. The molecule has 0 aliphatic carbocycles. The van der Waals surface area contributed by atoms with Gasteiger partial charge in [0.1, 0.15) is 0 Å². The van der Waals surface area contributed by atoms with Crippen molar-refractivity contribution >= 4 is 21.8 Å². The van der Waals surface area contributed by atoms with E-state index in [-0.39, 0.29) is 11.8 Å². The molecule has 0 bridgehead atoms. The van der Waals surface area contributed by atoms with E-state index in [4.69, 9.17) is 0 Å². The van der Waals surface area contributed by atoms with Crippen LogP contribution in [0.2, 0.25) is 0 Å². The van der Waals surface area contributed by atoms with Crippen molar-refractivity contribution in [1.29, 1.82) is 0 Å². The van der Waals surface area contributed by atoms with Crippen molar-refractivity contribution < 1.29 is 8.42 Å². The van der Waals surface area contributed by atoms with E-state index in [1.165, 1.54) is 0 Å². The zero-order valence-corrected chi connectivity index (χ0v) is 11.5. The molecule has 0 amide bonds. The van der Waals surface area contributed by atoms with E-state index in [1.807, 2.05) is 6.26 Å². The molecule has 0 aromatic heterocycles. The molecule has 96 valence electrons. The summed E-state index contributed by atoms with van der Waals surface area (Å²) in [5.41, 5.74) is 0. The second-order valence-electron chi connectivity index (χ2n) is 4.17. The largest absolute Gasteiger partial charge is 0.313 e. The van der Waals surface area contributed by atoms with Crippen molar-refractivity contribution in [1.82, 2.24) is 10.0 Å². The van der Waals surface area contributed by atoms with Crippen LogP contribution >= 0.6 is 11.8 Å². The topological polar surface area (TPSA) is 58.2 Å². The van der Waals surface area contributed by atoms with Crippen molar-refractivity contribution in [3.05, 3.63) is 0 Å². The zero-order valence-electron chi connectivity index (χ0n) is 9.87. The maximum atomic E-state index is 11.7. The van der Waals surface area contributed by atoms with Gasteiger partial charge in [-0.15, -0.1) is 0 Å². The fraction of sp³-hybridized carbons (Fsp3) is 1.00. The van der Waals surface area contributed by atoms with Crippen molar-refractivity contribution in [2.45, 2.75) is 31.7 Å². The molecule has 1 heterocycles. The first-order valence-corrected chi connectivity index (χ1v) is 8.88. The predicted molar refractivity (Wildman–Crippen MR) is 70.4 cm³/mol. The third kappa shape index (κ3) is 6.08. The fourth-order valence-electron chi connectivity index (χ4n) is 1.83. The number of nitrogens with one attached hydrogen (secondary N) is 2. The molecule has 1 aliphatic heterocycles. The Hall–Kier alpha value is 0.220. The second kappa shape index (κ2) is 7.53. The summed E-state index contributed by atoms with van der Waals surface area (Å²) in [5, 5.41) is 3.25. The number of sulfonamides is 1. The molecule has 0 radical (unpaired) electrons. The van der Waals surface area contributed by atoms with Crippen molar-refractivity contribution in [3.8, 4) is 0 Å². The van der Waals surface area contributed by atoms with Gasteiger partial charge in [0.15, 0.2) is 0 Å². The smallest absolute Gasteiger partial charge is 0.213 e. The van der Waals surface area contributed by atoms with Gasteiger partial charge in [0, 0.05) is 12.6 Å². The summed E-state index contributed by atoms with van der Waals surface area (Å²) in [7, 11) is -3.08. The molecule has 4 nitrogen and oxygen atoms in total. The standard InChI is InChI=1S/C10H22N2O2S2/c1-15-8-4-7-12-16(13,14)9-10-5-2-3-6-11-10/h10-12H,2-9H2,1H3. The molecule has 1 saturated heterocycles. The summed E-state index contributed by atoms with van der Waals surface area (Å²) in [4.78, 5) is 0. The molecule has 6 heteroatoms. The van der Waals surface area contributed by atoms with Crippen LogP contribution < -0.4 is 10.0 Å². The van der Waals surface area contributed by atoms with E-state index in [0.717, 1.165) is 38.0 Å². The van der Waals surface area contributed by atoms with E-state index < -0.39 is 10.0 Å². The van der Waals surface area contributed by atoms with Gasteiger partial charge in [-0.1, -0.05) is 6.42 Å². The highest BCUT2D eigenvalue weighted by Gasteiger charge is 2.20. The Kier molecular flexibility index (Phi) is 6.72. The normalized spacial score (nSPS) is 22.2. The lowest BCUT2D eigenvalue weighted by Gasteiger charge is -2.23. The predicted octanol–water partition coefficient (Wildman–Crippen LogP) is 0.801. The minimum Gasteiger partial charge on any atom is -0.313 e. The van der Waals surface area contributed by atoms with E-state index in [1.54, 1.807) is 11.8 Å². The second-order valence-corrected chi connectivity index (χ2v) is 7.01. The summed E-state index contributed by atoms with van der Waals surface area (Å²) in [6.45, 7) is 1.52. The Morgan fingerprint density at radius 3 is 2.88 bits per heavy atom. The summed E-state index contributed by atoms with van der Waals surface area (Å²) < 4.78 is 26.1. The van der Waals surface area contributed by atoms with Crippen LogP contribution in [-0.4, -0.2) is 45.3 Å². The number of rotatable bonds is 7. The van der Waals surface area contributed by atoms with Gasteiger partial charge >= 0.3 is 0 Å². The molecule has 1 unspecified atom stereocenters. The summed E-state index contributed by atoms with van der Waals surface area (Å²) in [6, 6.07) is 0.145. The van der Waals surface area contributed by atoms with Crippen LogP contribution in [0.1, 0.15) is 25.7 Å². The Morgan fingerprint density at radius 2 is 2.25 bits per heavy atom. The van der Waals surface area contributed by atoms with Crippen LogP contribution in [0.25, 0.3) is 0 Å². The molecule has 0 aromatic rings. The third-order valence-electron chi connectivity index (χ3n) is 2.68. The van der Waals surface area contributed by atoms with Crippen LogP contribution in [-0.2, 0) is 10.0 Å². The van der Waals surface area contributed by atoms with Gasteiger partial charge in [-0.05, 0) is 37.8 Å². The lowest BCUT2D eigenvalue weighted by Crippen LogP contribution is -2.42. The Bertz CT molecular complexity index is 275. The molecular formula is C10H22N2O2S2. The molecule has 16 heavy (non-hydrogen) atoms. The first kappa shape index (κ1) is 14.3. The maximum absolute atomic E-state index is 11.7. The van der Waals surface area contributed by atoms with Crippen LogP contribution in [0.3, 0.4) is 0 Å². The van der Waals surface area contributed by atoms with Crippen LogP contribution in [0.4, 0.5) is 0 Å². The summed E-state index contributed by atoms with van der Waals surface area (Å²) >= 11 is 1.74. The molecular weight excluding hydrogens is 244 g/mol. The van der Waals surface area contributed by atoms with Crippen LogP contribution in [0.5, 0.6) is 0 Å². The summed E-state index contributed by atoms with van der Waals surface area (Å²) in [6.07, 6.45) is 6.21. The van der Waals surface area contributed by atoms with Crippen LogP contribution in [0.15, 0.2) is 0 Å². The zero-order chi connectivity index (χ0) is 11.9. The molecule has 1 aliphatic rings. The number of hydrogen-bond acceptors (Lipinski definition) is 4. The number of thioether (sulfide) groups is 1. The maximum Gasteiger partial charge on any atom is 0.213 e. The molecule has 1 rings (SSSR count). The van der Waals surface area contributed by atoms with Gasteiger partial charge < -0.3 is 5.32 Å². The minimum absolute atomic E-state index is 0.145. The molecule has 1 fully saturated rings. The molecule has 0 aromatic carbocycles. The van der Waals surface area contributed by atoms with Crippen molar-refractivity contribution in [2.75, 3.05) is 30.9 Å². The average Bonchev–Trinajstić information content (AvgIpc) is 2.25. The van der Waals surface area contributed by atoms with E-state index in [2.05, 4.69) is 10.0 Å². The van der Waals surface area contributed by atoms with Crippen molar-refractivity contribution in [2.24, 2.45) is 0 Å². The molecule has 0 spiro atoms. The van der Waals surface area contributed by atoms with Gasteiger partial charge in [-0.2, -0.15) is 11.8 Å². The monoisotopic (exact) mass is 266 g/mol.